The predicted octanol–water partition coefficient (Wildman–Crippen LogP) is -3.86. The van der Waals surface area contributed by atoms with Crippen LogP contribution in [0.5, 0.6) is 0 Å². The van der Waals surface area contributed by atoms with E-state index in [0.717, 1.165) is 0 Å². The summed E-state index contributed by atoms with van der Waals surface area (Å²) in [6, 6.07) is 0. The lowest BCUT2D eigenvalue weighted by atomic mass is 9.96. The van der Waals surface area contributed by atoms with Gasteiger partial charge in [0.05, 0.1) is 6.61 Å². The van der Waals surface area contributed by atoms with E-state index in [0.29, 0.717) is 0 Å². The molecule has 0 aromatic carbocycles. The monoisotopic (exact) mass is 210 g/mol. The van der Waals surface area contributed by atoms with Gasteiger partial charge in [-0.05, 0) is 0 Å². The average Bonchev–Trinajstić information content (AvgIpc) is 2.19. The Kier molecular flexibility index (Phi) is 3.78. The first kappa shape index (κ1) is 11.8. The highest BCUT2D eigenvalue weighted by Crippen LogP contribution is 2.21. The Morgan fingerprint density at radius 3 is 2.07 bits per heavy atom. The summed E-state index contributed by atoms with van der Waals surface area (Å²) >= 11 is 0. The summed E-state index contributed by atoms with van der Waals surface area (Å²) in [7, 11) is 0. The van der Waals surface area contributed by atoms with Crippen LogP contribution < -0.4 is 0 Å². The Labute approximate surface area is 79.8 Å². The lowest BCUT2D eigenvalue weighted by molar-refractivity contribution is -0.298. The second-order valence-corrected chi connectivity index (χ2v) is 3.21. The first-order chi connectivity index (χ1) is 6.49. The van der Waals surface area contributed by atoms with Crippen molar-refractivity contribution >= 4 is 0 Å². The van der Waals surface area contributed by atoms with Crippen LogP contribution in [-0.4, -0.2) is 74.1 Å². The summed E-state index contributed by atoms with van der Waals surface area (Å²) in [5.74, 6) is 0. The van der Waals surface area contributed by atoms with Crippen molar-refractivity contribution < 1.29 is 35.4 Å². The molecule has 0 amide bonds. The van der Waals surface area contributed by atoms with E-state index in [4.69, 9.17) is 20.4 Å². The van der Waals surface area contributed by atoms with Crippen LogP contribution in [0.3, 0.4) is 0 Å². The molecule has 0 bridgehead atoms. The van der Waals surface area contributed by atoms with Gasteiger partial charge in [0.15, 0.2) is 6.29 Å². The molecule has 6 N–H and O–H groups in total. The maximum absolute atomic E-state index is 9.31. The Hall–Kier alpha value is -0.280. The minimum Gasteiger partial charge on any atom is -0.394 e. The summed E-state index contributed by atoms with van der Waals surface area (Å²) < 4.78 is 4.62. The molecule has 0 aromatic heterocycles. The van der Waals surface area contributed by atoms with Gasteiger partial charge in [-0.15, -0.1) is 0 Å². The summed E-state index contributed by atoms with van der Waals surface area (Å²) in [6.07, 6.45) is -9.26. The summed E-state index contributed by atoms with van der Waals surface area (Å²) in [6.45, 7) is -0.683. The zero-order valence-electron chi connectivity index (χ0n) is 7.26. The first-order valence-corrected chi connectivity index (χ1v) is 4.15. The third kappa shape index (κ3) is 2.04. The van der Waals surface area contributed by atoms with Crippen molar-refractivity contribution in [2.45, 2.75) is 36.8 Å². The van der Waals surface area contributed by atoms with Gasteiger partial charge in [0.25, 0.3) is 0 Å². The van der Waals surface area contributed by atoms with Gasteiger partial charge in [0.1, 0.15) is 30.5 Å². The minimum absolute atomic E-state index is 0.683. The third-order valence-electron chi connectivity index (χ3n) is 2.19. The molecule has 0 aromatic rings. The van der Waals surface area contributed by atoms with Crippen molar-refractivity contribution in [2.75, 3.05) is 6.61 Å². The number of hydrogen-bond donors (Lipinski definition) is 6. The van der Waals surface area contributed by atoms with Gasteiger partial charge in [0.2, 0.25) is 0 Å². The maximum Gasteiger partial charge on any atom is 0.184 e. The standard InChI is InChI=1S/C7H14O7/c8-1-2(9)6-4(11)3(10)5(12)7(13)14-6/h2-13H,1H2/t2-,3-,4-,5+,6+,7+/m0/s1. The van der Waals surface area contributed by atoms with E-state index in [1.807, 2.05) is 0 Å². The van der Waals surface area contributed by atoms with Gasteiger partial charge in [-0.25, -0.2) is 0 Å². The molecule has 1 aliphatic rings. The molecule has 1 aliphatic heterocycles. The Morgan fingerprint density at radius 2 is 1.57 bits per heavy atom. The van der Waals surface area contributed by atoms with E-state index in [1.165, 1.54) is 0 Å². The molecule has 1 fully saturated rings. The van der Waals surface area contributed by atoms with Crippen LogP contribution in [0.25, 0.3) is 0 Å². The molecule has 6 atom stereocenters. The fraction of sp³-hybridized carbons (Fsp3) is 1.00. The van der Waals surface area contributed by atoms with E-state index >= 15 is 0 Å². The number of aliphatic hydroxyl groups is 6. The highest BCUT2D eigenvalue weighted by Gasteiger charge is 2.45. The SMILES string of the molecule is OC[C@H](O)[C@H]1O[C@@H](O)[C@H](O)[C@@H](O)[C@@H]1O. The highest BCUT2D eigenvalue weighted by molar-refractivity contribution is 4.91. The van der Waals surface area contributed by atoms with Gasteiger partial charge in [0, 0.05) is 0 Å². The van der Waals surface area contributed by atoms with Crippen LogP contribution in [-0.2, 0) is 4.74 Å². The van der Waals surface area contributed by atoms with Crippen LogP contribution in [0.2, 0.25) is 0 Å². The molecule has 0 radical (unpaired) electrons. The second-order valence-electron chi connectivity index (χ2n) is 3.21. The van der Waals surface area contributed by atoms with E-state index in [9.17, 15) is 10.2 Å². The van der Waals surface area contributed by atoms with Gasteiger partial charge in [-0.2, -0.15) is 0 Å². The molecule has 1 heterocycles. The smallest absolute Gasteiger partial charge is 0.184 e. The van der Waals surface area contributed by atoms with Gasteiger partial charge in [-0.1, -0.05) is 0 Å². The summed E-state index contributed by atoms with van der Waals surface area (Å²) in [5.41, 5.74) is 0. The minimum atomic E-state index is -1.69. The second kappa shape index (κ2) is 4.49. The van der Waals surface area contributed by atoms with E-state index in [-0.39, 0.29) is 0 Å². The molecule has 0 unspecified atom stereocenters. The number of ether oxygens (including phenoxy) is 1. The third-order valence-corrected chi connectivity index (χ3v) is 2.19. The molecule has 84 valence electrons. The number of rotatable bonds is 2. The van der Waals surface area contributed by atoms with Crippen LogP contribution in [0.15, 0.2) is 0 Å². The average molecular weight is 210 g/mol. The van der Waals surface area contributed by atoms with Crippen LogP contribution in [0.1, 0.15) is 0 Å². The zero-order valence-corrected chi connectivity index (χ0v) is 7.26. The van der Waals surface area contributed by atoms with E-state index in [2.05, 4.69) is 4.74 Å². The molecule has 1 saturated heterocycles. The van der Waals surface area contributed by atoms with Crippen molar-refractivity contribution in [3.63, 3.8) is 0 Å². The molecule has 0 saturated carbocycles. The lowest BCUT2D eigenvalue weighted by Gasteiger charge is -2.39. The first-order valence-electron chi connectivity index (χ1n) is 4.15. The van der Waals surface area contributed by atoms with Gasteiger partial charge < -0.3 is 35.4 Å². The van der Waals surface area contributed by atoms with Crippen molar-refractivity contribution in [3.05, 3.63) is 0 Å². The fourth-order valence-electron chi connectivity index (χ4n) is 1.31. The number of aliphatic hydroxyl groups excluding tert-OH is 6. The molecule has 0 spiro atoms. The molecule has 7 nitrogen and oxygen atoms in total. The van der Waals surface area contributed by atoms with Crippen molar-refractivity contribution in [3.8, 4) is 0 Å². The molecule has 0 aliphatic carbocycles. The molecular weight excluding hydrogens is 196 g/mol. The zero-order chi connectivity index (χ0) is 10.9. The summed E-state index contributed by atoms with van der Waals surface area (Å²) in [4.78, 5) is 0. The maximum atomic E-state index is 9.31. The van der Waals surface area contributed by atoms with Crippen LogP contribution >= 0.6 is 0 Å². The van der Waals surface area contributed by atoms with E-state index in [1.54, 1.807) is 0 Å². The Balaban J connectivity index is 2.70. The number of hydrogen-bond acceptors (Lipinski definition) is 7. The van der Waals surface area contributed by atoms with Crippen molar-refractivity contribution in [1.82, 2.24) is 0 Å². The quantitative estimate of drug-likeness (QED) is 0.275. The van der Waals surface area contributed by atoms with Crippen molar-refractivity contribution in [2.24, 2.45) is 0 Å². The highest BCUT2D eigenvalue weighted by atomic mass is 16.6. The Morgan fingerprint density at radius 1 is 1.00 bits per heavy atom. The molecule has 7 heteroatoms. The fourth-order valence-corrected chi connectivity index (χ4v) is 1.31. The summed E-state index contributed by atoms with van der Waals surface area (Å²) in [5, 5.41) is 54.3. The van der Waals surface area contributed by atoms with Gasteiger partial charge in [-0.3, -0.25) is 0 Å². The van der Waals surface area contributed by atoms with Crippen LogP contribution in [0, 0.1) is 0 Å². The normalized spacial score (nSPS) is 46.3. The molecular formula is C7H14O7. The Bertz CT molecular complexity index is 187. The van der Waals surface area contributed by atoms with Crippen molar-refractivity contribution in [1.29, 1.82) is 0 Å². The largest absolute Gasteiger partial charge is 0.394 e. The topological polar surface area (TPSA) is 131 Å². The lowest BCUT2D eigenvalue weighted by Crippen LogP contribution is -2.61. The molecule has 1 rings (SSSR count). The molecule has 14 heavy (non-hydrogen) atoms. The predicted molar refractivity (Wildman–Crippen MR) is 42.0 cm³/mol. The van der Waals surface area contributed by atoms with Crippen LogP contribution in [0.4, 0.5) is 0 Å². The van der Waals surface area contributed by atoms with Gasteiger partial charge >= 0.3 is 0 Å². The van der Waals surface area contributed by atoms with E-state index < -0.39 is 43.4 Å².